The molecular formula is C14H22O2S. The second-order valence-electron chi connectivity index (χ2n) is 4.99. The van der Waals surface area contributed by atoms with E-state index in [9.17, 15) is 4.79 Å². The Labute approximate surface area is 108 Å². The smallest absolute Gasteiger partial charge is 0.303 e. The SMILES string of the molecule is CCCC(CC(=O)O)c1ccc(CC(C)C)s1. The van der Waals surface area contributed by atoms with E-state index in [1.54, 1.807) is 11.3 Å². The molecule has 3 heteroatoms. The van der Waals surface area contributed by atoms with Crippen LogP contribution in [0.2, 0.25) is 0 Å². The number of hydrogen-bond acceptors (Lipinski definition) is 2. The molecule has 0 spiro atoms. The van der Waals surface area contributed by atoms with Gasteiger partial charge in [0, 0.05) is 15.7 Å². The second kappa shape index (κ2) is 6.80. The molecule has 0 radical (unpaired) electrons. The topological polar surface area (TPSA) is 37.3 Å². The number of carbonyl (C=O) groups is 1. The first kappa shape index (κ1) is 14.2. The fraction of sp³-hybridized carbons (Fsp3) is 0.643. The van der Waals surface area contributed by atoms with Gasteiger partial charge >= 0.3 is 5.97 Å². The monoisotopic (exact) mass is 254 g/mol. The summed E-state index contributed by atoms with van der Waals surface area (Å²) >= 11 is 1.79. The van der Waals surface area contributed by atoms with E-state index in [1.165, 1.54) is 9.75 Å². The van der Waals surface area contributed by atoms with Crippen molar-refractivity contribution in [3.63, 3.8) is 0 Å². The Kier molecular flexibility index (Phi) is 5.69. The lowest BCUT2D eigenvalue weighted by Gasteiger charge is -2.11. The van der Waals surface area contributed by atoms with E-state index in [1.807, 2.05) is 0 Å². The van der Waals surface area contributed by atoms with Crippen molar-refractivity contribution in [1.29, 1.82) is 0 Å². The highest BCUT2D eigenvalue weighted by Gasteiger charge is 2.16. The average Bonchev–Trinajstić information content (AvgIpc) is 2.64. The molecule has 17 heavy (non-hydrogen) atoms. The zero-order valence-corrected chi connectivity index (χ0v) is 11.7. The maximum Gasteiger partial charge on any atom is 0.303 e. The van der Waals surface area contributed by atoms with Gasteiger partial charge in [-0.2, -0.15) is 0 Å². The summed E-state index contributed by atoms with van der Waals surface area (Å²) in [7, 11) is 0. The Morgan fingerprint density at radius 1 is 1.41 bits per heavy atom. The summed E-state index contributed by atoms with van der Waals surface area (Å²) in [5.74, 6) is 0.163. The highest BCUT2D eigenvalue weighted by Crippen LogP contribution is 2.31. The Bertz CT molecular complexity index is 355. The van der Waals surface area contributed by atoms with E-state index in [0.29, 0.717) is 5.92 Å². The predicted molar refractivity (Wildman–Crippen MR) is 72.8 cm³/mol. The highest BCUT2D eigenvalue weighted by molar-refractivity contribution is 7.12. The summed E-state index contributed by atoms with van der Waals surface area (Å²) in [6, 6.07) is 4.27. The lowest BCUT2D eigenvalue weighted by molar-refractivity contribution is -0.137. The molecule has 1 heterocycles. The molecule has 0 bridgehead atoms. The predicted octanol–water partition coefficient (Wildman–Crippen LogP) is 4.31. The van der Waals surface area contributed by atoms with Crippen molar-refractivity contribution in [2.24, 2.45) is 5.92 Å². The highest BCUT2D eigenvalue weighted by atomic mass is 32.1. The Morgan fingerprint density at radius 3 is 2.65 bits per heavy atom. The van der Waals surface area contributed by atoms with E-state index >= 15 is 0 Å². The van der Waals surface area contributed by atoms with Crippen LogP contribution in [0.25, 0.3) is 0 Å². The van der Waals surface area contributed by atoms with E-state index in [2.05, 4.69) is 32.9 Å². The van der Waals surface area contributed by atoms with Gasteiger partial charge in [0.2, 0.25) is 0 Å². The van der Waals surface area contributed by atoms with Crippen LogP contribution in [0.5, 0.6) is 0 Å². The molecule has 1 aromatic rings. The quantitative estimate of drug-likeness (QED) is 0.787. The fourth-order valence-corrected chi connectivity index (χ4v) is 3.39. The molecule has 0 aromatic carbocycles. The minimum Gasteiger partial charge on any atom is -0.481 e. The third kappa shape index (κ3) is 4.90. The maximum atomic E-state index is 10.8. The Morgan fingerprint density at radius 2 is 2.12 bits per heavy atom. The minimum atomic E-state index is -0.692. The molecule has 1 unspecified atom stereocenters. The molecule has 0 saturated heterocycles. The third-order valence-corrected chi connectivity index (χ3v) is 4.02. The first-order valence-corrected chi connectivity index (χ1v) is 7.15. The normalized spacial score (nSPS) is 12.9. The molecule has 0 saturated carbocycles. The zero-order chi connectivity index (χ0) is 12.8. The van der Waals surface area contributed by atoms with Gasteiger partial charge in [-0.05, 0) is 30.9 Å². The van der Waals surface area contributed by atoms with Crippen molar-refractivity contribution in [3.05, 3.63) is 21.9 Å². The van der Waals surface area contributed by atoms with Crippen molar-refractivity contribution in [2.75, 3.05) is 0 Å². The summed E-state index contributed by atoms with van der Waals surface area (Å²) < 4.78 is 0. The maximum absolute atomic E-state index is 10.8. The molecule has 0 amide bonds. The standard InChI is InChI=1S/C14H22O2S/c1-4-5-11(9-14(15)16)13-7-6-12(17-13)8-10(2)3/h6-7,10-11H,4-5,8-9H2,1-3H3,(H,15,16). The van der Waals surface area contributed by atoms with Gasteiger partial charge in [-0.15, -0.1) is 11.3 Å². The molecule has 0 aliphatic rings. The molecule has 0 aliphatic heterocycles. The van der Waals surface area contributed by atoms with Crippen LogP contribution in [0.4, 0.5) is 0 Å². The Balaban J connectivity index is 2.72. The van der Waals surface area contributed by atoms with Crippen LogP contribution in [0.1, 0.15) is 55.7 Å². The molecule has 0 aliphatic carbocycles. The summed E-state index contributed by atoms with van der Waals surface area (Å²) in [6.45, 7) is 6.53. The molecule has 2 nitrogen and oxygen atoms in total. The summed E-state index contributed by atoms with van der Waals surface area (Å²) in [5.41, 5.74) is 0. The molecule has 1 rings (SSSR count). The third-order valence-electron chi connectivity index (χ3n) is 2.75. The first-order chi connectivity index (χ1) is 8.02. The number of thiophene rings is 1. The van der Waals surface area contributed by atoms with E-state index < -0.39 is 5.97 Å². The van der Waals surface area contributed by atoms with Crippen LogP contribution < -0.4 is 0 Å². The van der Waals surface area contributed by atoms with Crippen LogP contribution >= 0.6 is 11.3 Å². The number of rotatable bonds is 7. The molecule has 0 fully saturated rings. The second-order valence-corrected chi connectivity index (χ2v) is 6.19. The van der Waals surface area contributed by atoms with E-state index in [0.717, 1.165) is 19.3 Å². The molecule has 96 valence electrons. The van der Waals surface area contributed by atoms with Crippen molar-refractivity contribution in [3.8, 4) is 0 Å². The largest absolute Gasteiger partial charge is 0.481 e. The van der Waals surface area contributed by atoms with Crippen molar-refractivity contribution in [2.45, 2.75) is 52.4 Å². The first-order valence-electron chi connectivity index (χ1n) is 6.33. The lowest BCUT2D eigenvalue weighted by atomic mass is 9.98. The van der Waals surface area contributed by atoms with E-state index in [-0.39, 0.29) is 12.3 Å². The molecular weight excluding hydrogens is 232 g/mol. The number of aliphatic carboxylic acids is 1. The Hall–Kier alpha value is -0.830. The van der Waals surface area contributed by atoms with Crippen LogP contribution in [0, 0.1) is 5.92 Å². The fourth-order valence-electron chi connectivity index (χ4n) is 2.03. The van der Waals surface area contributed by atoms with Gasteiger partial charge in [0.25, 0.3) is 0 Å². The molecule has 1 atom stereocenters. The van der Waals surface area contributed by atoms with Crippen molar-refractivity contribution in [1.82, 2.24) is 0 Å². The van der Waals surface area contributed by atoms with Crippen LogP contribution in [0.15, 0.2) is 12.1 Å². The van der Waals surface area contributed by atoms with Gasteiger partial charge in [0.15, 0.2) is 0 Å². The van der Waals surface area contributed by atoms with Gasteiger partial charge in [0.1, 0.15) is 0 Å². The van der Waals surface area contributed by atoms with Crippen LogP contribution in [0.3, 0.4) is 0 Å². The van der Waals surface area contributed by atoms with Gasteiger partial charge in [-0.3, -0.25) is 4.79 Å². The summed E-state index contributed by atoms with van der Waals surface area (Å²) in [4.78, 5) is 13.5. The minimum absolute atomic E-state index is 0.198. The summed E-state index contributed by atoms with van der Waals surface area (Å²) in [5, 5.41) is 8.93. The van der Waals surface area contributed by atoms with Gasteiger partial charge < -0.3 is 5.11 Å². The molecule has 1 aromatic heterocycles. The summed E-state index contributed by atoms with van der Waals surface area (Å²) in [6.07, 6.45) is 3.36. The van der Waals surface area contributed by atoms with E-state index in [4.69, 9.17) is 5.11 Å². The lowest BCUT2D eigenvalue weighted by Crippen LogP contribution is -2.04. The number of carboxylic acids is 1. The average molecular weight is 254 g/mol. The van der Waals surface area contributed by atoms with Gasteiger partial charge in [-0.25, -0.2) is 0 Å². The van der Waals surface area contributed by atoms with Crippen molar-refractivity contribution < 1.29 is 9.90 Å². The molecule has 1 N–H and O–H groups in total. The van der Waals surface area contributed by atoms with Crippen LogP contribution in [-0.2, 0) is 11.2 Å². The zero-order valence-electron chi connectivity index (χ0n) is 10.9. The van der Waals surface area contributed by atoms with Crippen LogP contribution in [-0.4, -0.2) is 11.1 Å². The van der Waals surface area contributed by atoms with Gasteiger partial charge in [0.05, 0.1) is 6.42 Å². The number of carboxylic acid groups (broad SMARTS) is 1. The number of hydrogen-bond donors (Lipinski definition) is 1. The van der Waals surface area contributed by atoms with Gasteiger partial charge in [-0.1, -0.05) is 27.2 Å². The van der Waals surface area contributed by atoms with Crippen molar-refractivity contribution >= 4 is 17.3 Å².